The molecule has 5 nitrogen and oxygen atoms in total. The average molecular weight is 315 g/mol. The van der Waals surface area contributed by atoms with Crippen molar-refractivity contribution in [3.05, 3.63) is 28.5 Å². The quantitative estimate of drug-likeness (QED) is 0.495. The maximum absolute atomic E-state index is 11.7. The van der Waals surface area contributed by atoms with E-state index in [1.807, 2.05) is 0 Å². The van der Waals surface area contributed by atoms with E-state index in [9.17, 15) is 9.59 Å². The Morgan fingerprint density at radius 1 is 1.44 bits per heavy atom. The van der Waals surface area contributed by atoms with Crippen LogP contribution in [0.5, 0.6) is 0 Å². The van der Waals surface area contributed by atoms with Gasteiger partial charge in [-0.05, 0) is 41.4 Å². The average Bonchev–Trinajstić information content (AvgIpc) is 2.35. The van der Waals surface area contributed by atoms with Gasteiger partial charge < -0.3 is 10.1 Å². The van der Waals surface area contributed by atoms with E-state index >= 15 is 0 Å². The molecule has 0 radical (unpaired) electrons. The van der Waals surface area contributed by atoms with Crippen molar-refractivity contribution in [3.63, 3.8) is 0 Å². The van der Waals surface area contributed by atoms with Gasteiger partial charge >= 0.3 is 5.97 Å². The number of halogens is 1. The Hall–Kier alpha value is -1.43. The lowest BCUT2D eigenvalue weighted by Crippen LogP contribution is -2.25. The van der Waals surface area contributed by atoms with Crippen molar-refractivity contribution in [2.24, 2.45) is 0 Å². The fourth-order valence-electron chi connectivity index (χ4n) is 1.29. The van der Waals surface area contributed by atoms with Crippen molar-refractivity contribution in [3.8, 4) is 0 Å². The van der Waals surface area contributed by atoms with E-state index in [2.05, 4.69) is 26.2 Å². The van der Waals surface area contributed by atoms with Crippen LogP contribution in [0.1, 0.15) is 30.3 Å². The summed E-state index contributed by atoms with van der Waals surface area (Å²) in [6.07, 6.45) is 0.860. The Kier molecular flexibility index (Phi) is 6.35. The lowest BCUT2D eigenvalue weighted by Gasteiger charge is -2.04. The van der Waals surface area contributed by atoms with E-state index in [1.165, 1.54) is 0 Å². The number of hydrogen-bond donors (Lipinski definition) is 1. The monoisotopic (exact) mass is 314 g/mol. The van der Waals surface area contributed by atoms with Gasteiger partial charge in [-0.25, -0.2) is 4.98 Å². The Balaban J connectivity index is 2.27. The van der Waals surface area contributed by atoms with Crippen LogP contribution in [0.25, 0.3) is 0 Å². The van der Waals surface area contributed by atoms with E-state index in [4.69, 9.17) is 4.74 Å². The smallest absolute Gasteiger partial charge is 0.305 e. The van der Waals surface area contributed by atoms with E-state index in [1.54, 1.807) is 25.1 Å². The van der Waals surface area contributed by atoms with Crippen LogP contribution in [0.15, 0.2) is 22.8 Å². The summed E-state index contributed by atoms with van der Waals surface area (Å²) in [5.41, 5.74) is 0.348. The van der Waals surface area contributed by atoms with Crippen LogP contribution in [-0.4, -0.2) is 30.0 Å². The zero-order chi connectivity index (χ0) is 13.4. The van der Waals surface area contributed by atoms with Gasteiger partial charge in [0.1, 0.15) is 10.3 Å². The first kappa shape index (κ1) is 14.6. The molecular weight excluding hydrogens is 300 g/mol. The van der Waals surface area contributed by atoms with Crippen LogP contribution < -0.4 is 5.32 Å². The van der Waals surface area contributed by atoms with Crippen LogP contribution >= 0.6 is 15.9 Å². The summed E-state index contributed by atoms with van der Waals surface area (Å²) < 4.78 is 5.39. The maximum atomic E-state index is 11.7. The number of nitrogens with zero attached hydrogens (tertiary/aromatic N) is 1. The first-order chi connectivity index (χ1) is 8.63. The molecule has 1 aromatic rings. The summed E-state index contributed by atoms with van der Waals surface area (Å²) in [7, 11) is 0. The fraction of sp³-hybridized carbons (Fsp3) is 0.417. The van der Waals surface area contributed by atoms with Gasteiger partial charge in [0.15, 0.2) is 0 Å². The van der Waals surface area contributed by atoms with Crippen LogP contribution in [-0.2, 0) is 9.53 Å². The fourth-order valence-corrected chi connectivity index (χ4v) is 1.64. The zero-order valence-electron chi connectivity index (χ0n) is 10.1. The molecule has 1 amide bonds. The number of hydrogen-bond acceptors (Lipinski definition) is 4. The lowest BCUT2D eigenvalue weighted by molar-refractivity contribution is -0.143. The molecule has 0 spiro atoms. The first-order valence-corrected chi connectivity index (χ1v) is 6.49. The summed E-state index contributed by atoms with van der Waals surface area (Å²) in [5, 5.41) is 2.69. The molecule has 6 heteroatoms. The minimum atomic E-state index is -0.250. The van der Waals surface area contributed by atoms with E-state index in [0.717, 1.165) is 0 Å². The molecule has 98 valence electrons. The van der Waals surface area contributed by atoms with Crippen LogP contribution in [0.3, 0.4) is 0 Å². The second kappa shape index (κ2) is 7.81. The molecule has 1 rings (SSSR count). The molecule has 0 saturated heterocycles. The second-order valence-electron chi connectivity index (χ2n) is 3.51. The van der Waals surface area contributed by atoms with E-state index in [-0.39, 0.29) is 11.9 Å². The molecular formula is C12H15BrN2O3. The highest BCUT2D eigenvalue weighted by Gasteiger charge is 2.07. The summed E-state index contributed by atoms with van der Waals surface area (Å²) in [6.45, 7) is 2.57. The lowest BCUT2D eigenvalue weighted by atomic mass is 10.3. The first-order valence-electron chi connectivity index (χ1n) is 5.70. The molecule has 0 saturated carbocycles. The highest BCUT2D eigenvalue weighted by atomic mass is 79.9. The molecule has 18 heavy (non-hydrogen) atoms. The molecule has 0 fully saturated rings. The van der Waals surface area contributed by atoms with Gasteiger partial charge in [-0.3, -0.25) is 9.59 Å². The predicted molar refractivity (Wildman–Crippen MR) is 70.1 cm³/mol. The molecule has 0 aliphatic heterocycles. The molecule has 0 atom stereocenters. The van der Waals surface area contributed by atoms with Crippen molar-refractivity contribution < 1.29 is 14.3 Å². The number of nitrogens with one attached hydrogen (secondary N) is 1. The standard InChI is InChI=1S/C12H15BrN2O3/c1-2-18-11(16)7-4-8-14-12(17)9-5-3-6-10(13)15-9/h3,5-6H,2,4,7-8H2,1H3,(H,14,17). The number of ether oxygens (including phenoxy) is 1. The molecule has 0 unspecified atom stereocenters. The summed E-state index contributed by atoms with van der Waals surface area (Å²) in [5.74, 6) is -0.493. The zero-order valence-corrected chi connectivity index (χ0v) is 11.7. The normalized spacial score (nSPS) is 9.89. The molecule has 0 bridgehead atoms. The Labute approximate surface area is 114 Å². The van der Waals surface area contributed by atoms with Crippen LogP contribution in [0, 0.1) is 0 Å². The summed E-state index contributed by atoms with van der Waals surface area (Å²) >= 11 is 3.20. The van der Waals surface area contributed by atoms with Crippen molar-refractivity contribution in [1.29, 1.82) is 0 Å². The number of aromatic nitrogens is 1. The van der Waals surface area contributed by atoms with Gasteiger partial charge in [0, 0.05) is 13.0 Å². The number of carbonyl (C=O) groups excluding carboxylic acids is 2. The third-order valence-electron chi connectivity index (χ3n) is 2.10. The maximum Gasteiger partial charge on any atom is 0.305 e. The van der Waals surface area contributed by atoms with Gasteiger partial charge in [-0.1, -0.05) is 6.07 Å². The molecule has 1 N–H and O–H groups in total. The topological polar surface area (TPSA) is 68.3 Å². The Morgan fingerprint density at radius 2 is 2.22 bits per heavy atom. The highest BCUT2D eigenvalue weighted by Crippen LogP contribution is 2.06. The highest BCUT2D eigenvalue weighted by molar-refractivity contribution is 9.10. The Bertz CT molecular complexity index is 424. The number of rotatable bonds is 6. The summed E-state index contributed by atoms with van der Waals surface area (Å²) in [4.78, 5) is 26.7. The SMILES string of the molecule is CCOC(=O)CCCNC(=O)c1cccc(Br)n1. The van der Waals surface area contributed by atoms with Gasteiger partial charge in [0.25, 0.3) is 5.91 Å². The predicted octanol–water partition coefficient (Wildman–Crippen LogP) is 1.92. The molecule has 1 aromatic heterocycles. The molecule has 0 aromatic carbocycles. The molecule has 0 aliphatic carbocycles. The molecule has 1 heterocycles. The van der Waals surface area contributed by atoms with Gasteiger partial charge in [0.05, 0.1) is 6.61 Å². The summed E-state index contributed by atoms with van der Waals surface area (Å²) in [6, 6.07) is 5.12. The third kappa shape index (κ3) is 5.27. The molecule has 0 aliphatic rings. The minimum Gasteiger partial charge on any atom is -0.466 e. The van der Waals surface area contributed by atoms with Gasteiger partial charge in [-0.15, -0.1) is 0 Å². The minimum absolute atomic E-state index is 0.243. The Morgan fingerprint density at radius 3 is 2.89 bits per heavy atom. The number of esters is 1. The van der Waals surface area contributed by atoms with E-state index < -0.39 is 0 Å². The van der Waals surface area contributed by atoms with Gasteiger partial charge in [0.2, 0.25) is 0 Å². The number of pyridine rings is 1. The number of carbonyl (C=O) groups is 2. The third-order valence-corrected chi connectivity index (χ3v) is 2.54. The number of amides is 1. The van der Waals surface area contributed by atoms with Gasteiger partial charge in [-0.2, -0.15) is 0 Å². The largest absolute Gasteiger partial charge is 0.466 e. The van der Waals surface area contributed by atoms with Crippen molar-refractivity contribution >= 4 is 27.8 Å². The van der Waals surface area contributed by atoms with Crippen LogP contribution in [0.4, 0.5) is 0 Å². The van der Waals surface area contributed by atoms with Crippen molar-refractivity contribution in [2.75, 3.05) is 13.2 Å². The second-order valence-corrected chi connectivity index (χ2v) is 4.32. The van der Waals surface area contributed by atoms with Crippen LogP contribution in [0.2, 0.25) is 0 Å². The van der Waals surface area contributed by atoms with E-state index in [0.29, 0.717) is 36.3 Å². The van der Waals surface area contributed by atoms with Crippen molar-refractivity contribution in [1.82, 2.24) is 10.3 Å². The van der Waals surface area contributed by atoms with Crippen molar-refractivity contribution in [2.45, 2.75) is 19.8 Å².